The van der Waals surface area contributed by atoms with E-state index in [0.717, 1.165) is 0 Å². The van der Waals surface area contributed by atoms with E-state index < -0.39 is 0 Å². The summed E-state index contributed by atoms with van der Waals surface area (Å²) in [6.07, 6.45) is 1.59. The van der Waals surface area contributed by atoms with E-state index in [9.17, 15) is 0 Å². The first kappa shape index (κ1) is 6.60. The van der Waals surface area contributed by atoms with Crippen molar-refractivity contribution < 1.29 is 4.42 Å². The Morgan fingerprint density at radius 3 is 2.91 bits per heavy atom. The largest absolute Gasteiger partial charge is 0.463 e. The van der Waals surface area contributed by atoms with Gasteiger partial charge in [0, 0.05) is 0 Å². The number of aromatic nitrogens is 3. The molecule has 0 saturated heterocycles. The molecule has 0 amide bonds. The molecule has 56 valence electrons. The highest BCUT2D eigenvalue weighted by molar-refractivity contribution is 9.10. The van der Waals surface area contributed by atoms with Crippen LogP contribution in [-0.4, -0.2) is 15.4 Å². The number of rotatable bonds is 1. The molecule has 0 spiro atoms. The zero-order chi connectivity index (χ0) is 7.68. The molecule has 0 saturated carbocycles. The molecule has 0 bridgehead atoms. The molecular weight excluding hydrogens is 210 g/mol. The van der Waals surface area contributed by atoms with Gasteiger partial charge in [0.25, 0.3) is 0 Å². The van der Waals surface area contributed by atoms with Gasteiger partial charge < -0.3 is 4.42 Å². The van der Waals surface area contributed by atoms with Crippen LogP contribution in [0.5, 0.6) is 0 Å². The molecule has 0 unspecified atom stereocenters. The Bertz CT molecular complexity index is 340. The van der Waals surface area contributed by atoms with Crippen molar-refractivity contribution in [1.29, 1.82) is 0 Å². The molecule has 0 aliphatic carbocycles. The summed E-state index contributed by atoms with van der Waals surface area (Å²) in [6.45, 7) is 0. The molecule has 4 nitrogen and oxygen atoms in total. The summed E-state index contributed by atoms with van der Waals surface area (Å²) in [5.41, 5.74) is 0.690. The van der Waals surface area contributed by atoms with Crippen molar-refractivity contribution in [2.45, 2.75) is 0 Å². The van der Waals surface area contributed by atoms with Crippen LogP contribution in [0.2, 0.25) is 0 Å². The van der Waals surface area contributed by atoms with E-state index >= 15 is 0 Å². The zero-order valence-electron chi connectivity index (χ0n) is 5.41. The lowest BCUT2D eigenvalue weighted by atomic mass is 10.4. The highest BCUT2D eigenvalue weighted by Gasteiger charge is 2.08. The van der Waals surface area contributed by atoms with Crippen LogP contribution in [0.4, 0.5) is 0 Å². The molecule has 2 heterocycles. The van der Waals surface area contributed by atoms with Gasteiger partial charge in [0.1, 0.15) is 0 Å². The van der Waals surface area contributed by atoms with Crippen LogP contribution in [-0.2, 0) is 0 Å². The van der Waals surface area contributed by atoms with Crippen LogP contribution in [0.3, 0.4) is 0 Å². The molecule has 0 radical (unpaired) electrons. The second kappa shape index (κ2) is 2.50. The van der Waals surface area contributed by atoms with E-state index in [-0.39, 0.29) is 0 Å². The van der Waals surface area contributed by atoms with E-state index in [1.807, 2.05) is 6.07 Å². The fourth-order valence-corrected chi connectivity index (χ4v) is 1.15. The van der Waals surface area contributed by atoms with Crippen LogP contribution in [0, 0.1) is 0 Å². The number of hydrogen-bond donors (Lipinski definition) is 1. The third-order valence-electron chi connectivity index (χ3n) is 1.26. The van der Waals surface area contributed by atoms with Gasteiger partial charge in [-0.2, -0.15) is 10.3 Å². The molecule has 2 aromatic rings. The van der Waals surface area contributed by atoms with Crippen molar-refractivity contribution in [2.75, 3.05) is 0 Å². The van der Waals surface area contributed by atoms with Crippen molar-refractivity contribution in [3.05, 3.63) is 23.0 Å². The summed E-state index contributed by atoms with van der Waals surface area (Å²) >= 11 is 3.22. The minimum Gasteiger partial charge on any atom is -0.463 e. The zero-order valence-corrected chi connectivity index (χ0v) is 7.00. The van der Waals surface area contributed by atoms with Gasteiger partial charge in [-0.15, -0.1) is 5.10 Å². The summed E-state index contributed by atoms with van der Waals surface area (Å²) in [5.74, 6) is 0.700. The lowest BCUT2D eigenvalue weighted by molar-refractivity contribution is 0.579. The van der Waals surface area contributed by atoms with Crippen LogP contribution in [0.15, 0.2) is 27.4 Å². The third kappa shape index (κ3) is 1.07. The SMILES string of the molecule is Brc1n[nH]nc1-c1ccco1. The molecule has 1 N–H and O–H groups in total. The Labute approximate surface area is 70.7 Å². The van der Waals surface area contributed by atoms with Crippen molar-refractivity contribution in [3.8, 4) is 11.5 Å². The summed E-state index contributed by atoms with van der Waals surface area (Å²) in [7, 11) is 0. The maximum Gasteiger partial charge on any atom is 0.162 e. The molecule has 2 aromatic heterocycles. The average Bonchev–Trinajstić information content (AvgIpc) is 2.55. The first-order valence-corrected chi connectivity index (χ1v) is 3.77. The first-order valence-electron chi connectivity index (χ1n) is 2.98. The summed E-state index contributed by atoms with van der Waals surface area (Å²) in [4.78, 5) is 0. The number of H-pyrrole nitrogens is 1. The van der Waals surface area contributed by atoms with E-state index in [2.05, 4.69) is 31.3 Å². The second-order valence-electron chi connectivity index (χ2n) is 1.94. The van der Waals surface area contributed by atoms with Gasteiger partial charge in [-0.3, -0.25) is 0 Å². The predicted molar refractivity (Wildman–Crippen MR) is 41.8 cm³/mol. The van der Waals surface area contributed by atoms with E-state index in [0.29, 0.717) is 16.1 Å². The minimum atomic E-state index is 0.660. The smallest absolute Gasteiger partial charge is 0.162 e. The fraction of sp³-hybridized carbons (Fsp3) is 0. The lowest BCUT2D eigenvalue weighted by Crippen LogP contribution is -1.73. The van der Waals surface area contributed by atoms with Gasteiger partial charge >= 0.3 is 0 Å². The predicted octanol–water partition coefficient (Wildman–Crippen LogP) is 1.83. The maximum absolute atomic E-state index is 5.11. The minimum absolute atomic E-state index is 0.660. The Kier molecular flexibility index (Phi) is 1.50. The number of aromatic amines is 1. The standard InChI is InChI=1S/C6H4BrN3O/c7-6-5(8-10-9-6)4-2-1-3-11-4/h1-3H,(H,8,9,10). The summed E-state index contributed by atoms with van der Waals surface area (Å²) < 4.78 is 5.77. The number of hydrogen-bond acceptors (Lipinski definition) is 3. The lowest BCUT2D eigenvalue weighted by Gasteiger charge is -1.85. The van der Waals surface area contributed by atoms with E-state index in [1.165, 1.54) is 0 Å². The van der Waals surface area contributed by atoms with Gasteiger partial charge in [-0.05, 0) is 28.1 Å². The van der Waals surface area contributed by atoms with Gasteiger partial charge in [0.05, 0.1) is 6.26 Å². The third-order valence-corrected chi connectivity index (χ3v) is 1.81. The van der Waals surface area contributed by atoms with Crippen molar-refractivity contribution in [1.82, 2.24) is 15.4 Å². The number of halogens is 1. The van der Waals surface area contributed by atoms with Gasteiger partial charge in [-0.1, -0.05) is 0 Å². The molecule has 5 heteroatoms. The molecule has 2 rings (SSSR count). The molecule has 0 aliphatic heterocycles. The molecule has 0 fully saturated rings. The fourth-order valence-electron chi connectivity index (χ4n) is 0.788. The Morgan fingerprint density at radius 2 is 2.36 bits per heavy atom. The van der Waals surface area contributed by atoms with Crippen LogP contribution in [0.1, 0.15) is 0 Å². The van der Waals surface area contributed by atoms with E-state index in [1.54, 1.807) is 12.3 Å². The average molecular weight is 214 g/mol. The second-order valence-corrected chi connectivity index (χ2v) is 2.69. The molecule has 11 heavy (non-hydrogen) atoms. The van der Waals surface area contributed by atoms with Crippen LogP contribution >= 0.6 is 15.9 Å². The van der Waals surface area contributed by atoms with Gasteiger partial charge in [0.15, 0.2) is 16.1 Å². The van der Waals surface area contributed by atoms with Gasteiger partial charge in [0.2, 0.25) is 0 Å². The molecular formula is C6H4BrN3O. The first-order chi connectivity index (χ1) is 5.38. The normalized spacial score (nSPS) is 10.3. The topological polar surface area (TPSA) is 54.7 Å². The number of furan rings is 1. The quantitative estimate of drug-likeness (QED) is 0.787. The maximum atomic E-state index is 5.11. The summed E-state index contributed by atoms with van der Waals surface area (Å²) in [5, 5.41) is 10.2. The molecule has 0 atom stereocenters. The van der Waals surface area contributed by atoms with Crippen LogP contribution < -0.4 is 0 Å². The monoisotopic (exact) mass is 213 g/mol. The highest BCUT2D eigenvalue weighted by atomic mass is 79.9. The summed E-state index contributed by atoms with van der Waals surface area (Å²) in [6, 6.07) is 3.62. The van der Waals surface area contributed by atoms with E-state index in [4.69, 9.17) is 4.42 Å². The Hall–Kier alpha value is -1.10. The number of nitrogens with zero attached hydrogens (tertiary/aromatic N) is 2. The molecule has 0 aliphatic rings. The van der Waals surface area contributed by atoms with Crippen molar-refractivity contribution in [3.63, 3.8) is 0 Å². The van der Waals surface area contributed by atoms with Crippen LogP contribution in [0.25, 0.3) is 11.5 Å². The van der Waals surface area contributed by atoms with Crippen molar-refractivity contribution in [2.24, 2.45) is 0 Å². The Morgan fingerprint density at radius 1 is 1.45 bits per heavy atom. The highest BCUT2D eigenvalue weighted by Crippen LogP contribution is 2.23. The van der Waals surface area contributed by atoms with Crippen molar-refractivity contribution >= 4 is 15.9 Å². The molecule has 0 aromatic carbocycles. The number of nitrogens with one attached hydrogen (secondary N) is 1. The Balaban J connectivity index is 2.53. The van der Waals surface area contributed by atoms with Gasteiger partial charge in [-0.25, -0.2) is 0 Å².